The largest absolute Gasteiger partial charge is 0.351 e. The van der Waals surface area contributed by atoms with Gasteiger partial charge in [-0.15, -0.1) is 0 Å². The molecule has 0 saturated carbocycles. The van der Waals surface area contributed by atoms with E-state index in [9.17, 15) is 9.18 Å². The van der Waals surface area contributed by atoms with E-state index in [-0.39, 0.29) is 23.0 Å². The zero-order chi connectivity index (χ0) is 24.5. The van der Waals surface area contributed by atoms with Crippen LogP contribution in [0.4, 0.5) is 15.8 Å². The van der Waals surface area contributed by atoms with Gasteiger partial charge in [0.05, 0.1) is 16.8 Å². The molecular formula is C26H21ClFN5OS. The molecule has 1 saturated heterocycles. The average molecular weight is 506 g/mol. The molecule has 176 valence electrons. The molecule has 1 aliphatic heterocycles. The predicted octanol–water partition coefficient (Wildman–Crippen LogP) is 5.80. The fraction of sp³-hybridized carbons (Fsp3) is 0.115. The zero-order valence-electron chi connectivity index (χ0n) is 18.7. The Balaban J connectivity index is 1.62. The zero-order valence-corrected chi connectivity index (χ0v) is 20.2. The van der Waals surface area contributed by atoms with Gasteiger partial charge >= 0.3 is 0 Å². The molecule has 5 rings (SSSR count). The number of aromatic nitrogens is 2. The van der Waals surface area contributed by atoms with Gasteiger partial charge in [-0.05, 0) is 78.9 Å². The summed E-state index contributed by atoms with van der Waals surface area (Å²) in [5, 5.41) is 6.81. The van der Waals surface area contributed by atoms with Gasteiger partial charge in [-0.25, -0.2) is 4.39 Å². The lowest BCUT2D eigenvalue weighted by Crippen LogP contribution is -2.30. The van der Waals surface area contributed by atoms with Crippen LogP contribution in [-0.4, -0.2) is 20.6 Å². The van der Waals surface area contributed by atoms with Gasteiger partial charge in [0.2, 0.25) is 5.91 Å². The number of amides is 1. The number of hydrogen-bond acceptors (Lipinski definition) is 3. The van der Waals surface area contributed by atoms with Crippen LogP contribution in [0.3, 0.4) is 0 Å². The van der Waals surface area contributed by atoms with Crippen molar-refractivity contribution >= 4 is 46.2 Å². The quantitative estimate of drug-likeness (QED) is 0.336. The minimum absolute atomic E-state index is 0.0499. The number of nitrogens with zero attached hydrogens (tertiary/aromatic N) is 3. The Morgan fingerprint density at radius 3 is 2.54 bits per heavy atom. The van der Waals surface area contributed by atoms with Crippen molar-refractivity contribution in [3.63, 3.8) is 0 Å². The first-order valence-corrected chi connectivity index (χ1v) is 11.7. The van der Waals surface area contributed by atoms with Crippen LogP contribution < -0.4 is 15.5 Å². The lowest BCUT2D eigenvalue weighted by atomic mass is 10.0. The Kier molecular flexibility index (Phi) is 6.23. The van der Waals surface area contributed by atoms with Gasteiger partial charge in [0.25, 0.3) is 0 Å². The van der Waals surface area contributed by atoms with Crippen LogP contribution in [0.15, 0.2) is 85.2 Å². The summed E-state index contributed by atoms with van der Waals surface area (Å²) in [5.41, 5.74) is 4.03. The molecule has 2 N–H and O–H groups in total. The third-order valence-corrected chi connectivity index (χ3v) is 6.43. The predicted molar refractivity (Wildman–Crippen MR) is 139 cm³/mol. The molecular weight excluding hydrogens is 485 g/mol. The first-order valence-electron chi connectivity index (χ1n) is 10.9. The molecule has 1 fully saturated rings. The van der Waals surface area contributed by atoms with Crippen molar-refractivity contribution in [2.75, 3.05) is 10.2 Å². The monoisotopic (exact) mass is 505 g/mol. The molecule has 1 aliphatic rings. The summed E-state index contributed by atoms with van der Waals surface area (Å²) in [7, 11) is 0. The maximum Gasteiger partial charge on any atom is 0.221 e. The van der Waals surface area contributed by atoms with Gasteiger partial charge in [-0.2, -0.15) is 0 Å². The molecule has 2 aromatic heterocycles. The summed E-state index contributed by atoms with van der Waals surface area (Å²) in [6, 6.07) is 21.3. The summed E-state index contributed by atoms with van der Waals surface area (Å²) < 4.78 is 15.8. The van der Waals surface area contributed by atoms with Gasteiger partial charge in [-0.1, -0.05) is 17.7 Å². The standard InChI is InChI=1S/C26H21ClFN5OS/c1-16(34)30-17-7-9-18(10-8-17)33-25(24(31-26(33)35)22-5-2-3-13-29-22)23-6-4-14-32(23)19-11-12-21(28)20(27)15-19/h2-15,24-25H,1H3,(H,30,34)(H,31,35). The molecule has 1 amide bonds. The van der Waals surface area contributed by atoms with E-state index >= 15 is 0 Å². The minimum atomic E-state index is -0.472. The maximum atomic E-state index is 13.9. The van der Waals surface area contributed by atoms with Gasteiger partial charge in [-0.3, -0.25) is 9.78 Å². The highest BCUT2D eigenvalue weighted by Gasteiger charge is 2.42. The number of anilines is 2. The molecule has 0 radical (unpaired) electrons. The van der Waals surface area contributed by atoms with E-state index < -0.39 is 5.82 Å². The Morgan fingerprint density at radius 1 is 1.09 bits per heavy atom. The highest BCUT2D eigenvalue weighted by atomic mass is 35.5. The molecule has 4 aromatic rings. The molecule has 0 spiro atoms. The van der Waals surface area contributed by atoms with E-state index in [1.807, 2.05) is 70.3 Å². The Morgan fingerprint density at radius 2 is 1.86 bits per heavy atom. The number of benzene rings is 2. The van der Waals surface area contributed by atoms with Crippen molar-refractivity contribution < 1.29 is 9.18 Å². The average Bonchev–Trinajstić information content (AvgIpc) is 3.46. The molecule has 3 heterocycles. The molecule has 2 aromatic carbocycles. The molecule has 35 heavy (non-hydrogen) atoms. The number of pyridine rings is 1. The number of thiocarbonyl (C=S) groups is 1. The van der Waals surface area contributed by atoms with Crippen LogP contribution in [0.25, 0.3) is 5.69 Å². The Bertz CT molecular complexity index is 1390. The number of halogens is 2. The number of nitrogens with one attached hydrogen (secondary N) is 2. The normalized spacial score (nSPS) is 17.3. The van der Waals surface area contributed by atoms with E-state index in [1.165, 1.54) is 13.0 Å². The van der Waals surface area contributed by atoms with Crippen LogP contribution in [0.5, 0.6) is 0 Å². The summed E-state index contributed by atoms with van der Waals surface area (Å²) in [6.45, 7) is 1.47. The fourth-order valence-electron chi connectivity index (χ4n) is 4.35. The molecule has 0 bridgehead atoms. The summed E-state index contributed by atoms with van der Waals surface area (Å²) in [4.78, 5) is 18.0. The van der Waals surface area contributed by atoms with Crippen molar-refractivity contribution in [2.45, 2.75) is 19.0 Å². The van der Waals surface area contributed by atoms with Gasteiger partial charge in [0.15, 0.2) is 5.11 Å². The van der Waals surface area contributed by atoms with Crippen LogP contribution in [0.2, 0.25) is 5.02 Å². The lowest BCUT2D eigenvalue weighted by molar-refractivity contribution is -0.114. The van der Waals surface area contributed by atoms with Crippen molar-refractivity contribution in [3.05, 3.63) is 107 Å². The van der Waals surface area contributed by atoms with Gasteiger partial charge < -0.3 is 20.1 Å². The van der Waals surface area contributed by atoms with Crippen molar-refractivity contribution in [2.24, 2.45) is 0 Å². The van der Waals surface area contributed by atoms with Crippen LogP contribution in [0.1, 0.15) is 30.4 Å². The topological polar surface area (TPSA) is 62.2 Å². The highest BCUT2D eigenvalue weighted by molar-refractivity contribution is 7.80. The fourth-order valence-corrected chi connectivity index (χ4v) is 4.87. The van der Waals surface area contributed by atoms with Crippen molar-refractivity contribution in [3.8, 4) is 5.69 Å². The molecule has 0 aliphatic carbocycles. The second-order valence-corrected chi connectivity index (χ2v) is 8.92. The molecule has 2 unspecified atom stereocenters. The third-order valence-electron chi connectivity index (χ3n) is 5.83. The Labute approximate surface area is 212 Å². The number of rotatable bonds is 5. The number of hydrogen-bond donors (Lipinski definition) is 2. The van der Waals surface area contributed by atoms with Crippen LogP contribution >= 0.6 is 23.8 Å². The van der Waals surface area contributed by atoms with E-state index in [1.54, 1.807) is 18.3 Å². The highest BCUT2D eigenvalue weighted by Crippen LogP contribution is 2.42. The number of carbonyl (C=O) groups is 1. The van der Waals surface area contributed by atoms with Crippen LogP contribution in [-0.2, 0) is 4.79 Å². The van der Waals surface area contributed by atoms with E-state index in [2.05, 4.69) is 15.6 Å². The van der Waals surface area contributed by atoms with E-state index in [0.29, 0.717) is 10.8 Å². The summed E-state index contributed by atoms with van der Waals surface area (Å²) in [6.07, 6.45) is 3.66. The van der Waals surface area contributed by atoms with E-state index in [4.69, 9.17) is 23.8 Å². The maximum absolute atomic E-state index is 13.9. The van der Waals surface area contributed by atoms with E-state index in [0.717, 1.165) is 22.8 Å². The van der Waals surface area contributed by atoms with Gasteiger partial charge in [0, 0.05) is 42.1 Å². The third kappa shape index (κ3) is 4.50. The molecule has 2 atom stereocenters. The first kappa shape index (κ1) is 23.0. The SMILES string of the molecule is CC(=O)Nc1ccc(N2C(=S)NC(c3ccccn3)C2c2cccn2-c2ccc(F)c(Cl)c2)cc1. The summed E-state index contributed by atoms with van der Waals surface area (Å²) in [5.74, 6) is -0.611. The minimum Gasteiger partial charge on any atom is -0.351 e. The second-order valence-electron chi connectivity index (χ2n) is 8.13. The molecule has 9 heteroatoms. The van der Waals surface area contributed by atoms with Crippen molar-refractivity contribution in [1.82, 2.24) is 14.9 Å². The second kappa shape index (κ2) is 9.48. The molecule has 6 nitrogen and oxygen atoms in total. The first-order chi connectivity index (χ1) is 16.9. The Hall–Kier alpha value is -3.75. The number of carbonyl (C=O) groups excluding carboxylic acids is 1. The van der Waals surface area contributed by atoms with Gasteiger partial charge in [0.1, 0.15) is 11.9 Å². The summed E-state index contributed by atoms with van der Waals surface area (Å²) >= 11 is 11.9. The van der Waals surface area contributed by atoms with Crippen molar-refractivity contribution in [1.29, 1.82) is 0 Å². The van der Waals surface area contributed by atoms with Crippen LogP contribution in [0, 0.1) is 5.82 Å². The smallest absolute Gasteiger partial charge is 0.221 e. The lowest BCUT2D eigenvalue weighted by Gasteiger charge is -2.29.